The molecule has 0 bridgehead atoms. The van der Waals surface area contributed by atoms with Crippen molar-refractivity contribution < 1.29 is 14.6 Å². The van der Waals surface area contributed by atoms with Crippen molar-refractivity contribution in [3.8, 4) is 17.0 Å². The van der Waals surface area contributed by atoms with Crippen molar-refractivity contribution in [3.05, 3.63) is 42.4 Å². The van der Waals surface area contributed by atoms with E-state index in [4.69, 9.17) is 9.47 Å². The zero-order chi connectivity index (χ0) is 15.5. The van der Waals surface area contributed by atoms with Crippen LogP contribution in [0.5, 0.6) is 5.75 Å². The molecular weight excluding hydrogens is 268 g/mol. The molecule has 2 aromatic heterocycles. The largest absolute Gasteiger partial charge is 0.494 e. The molecule has 0 aliphatic heterocycles. The van der Waals surface area contributed by atoms with Crippen LogP contribution in [0, 0.1) is 0 Å². The van der Waals surface area contributed by atoms with E-state index in [2.05, 4.69) is 9.97 Å². The Morgan fingerprint density at radius 1 is 1.19 bits per heavy atom. The molecule has 0 amide bonds. The van der Waals surface area contributed by atoms with E-state index in [1.165, 1.54) is 0 Å². The van der Waals surface area contributed by atoms with Gasteiger partial charge in [0, 0.05) is 23.5 Å². The topological polar surface area (TPSA) is 64.5 Å². The number of hydrogen-bond acceptors (Lipinski definition) is 5. The van der Waals surface area contributed by atoms with Crippen molar-refractivity contribution in [2.24, 2.45) is 0 Å². The summed E-state index contributed by atoms with van der Waals surface area (Å²) in [4.78, 5) is 8.34. The van der Waals surface area contributed by atoms with Gasteiger partial charge in [-0.05, 0) is 39.0 Å². The van der Waals surface area contributed by atoms with E-state index in [1.54, 1.807) is 37.8 Å². The number of rotatable bonds is 4. The molecule has 2 aromatic rings. The third-order valence-electron chi connectivity index (χ3n) is 2.81. The Labute approximate surface area is 124 Å². The first kappa shape index (κ1) is 15.4. The van der Waals surface area contributed by atoms with E-state index >= 15 is 0 Å². The van der Waals surface area contributed by atoms with Gasteiger partial charge < -0.3 is 14.6 Å². The molecule has 0 radical (unpaired) electrons. The highest BCUT2D eigenvalue weighted by molar-refractivity contribution is 5.66. The number of aromatic nitrogens is 2. The molecule has 0 saturated heterocycles. The molecule has 0 aliphatic rings. The van der Waals surface area contributed by atoms with Gasteiger partial charge >= 0.3 is 0 Å². The molecule has 1 N–H and O–H groups in total. The zero-order valence-electron chi connectivity index (χ0n) is 12.7. The highest BCUT2D eigenvalue weighted by atomic mass is 16.6. The van der Waals surface area contributed by atoms with Crippen molar-refractivity contribution in [3.63, 3.8) is 0 Å². The van der Waals surface area contributed by atoms with Gasteiger partial charge in [-0.2, -0.15) is 0 Å². The maximum atomic E-state index is 10.2. The van der Waals surface area contributed by atoms with Gasteiger partial charge in [0.2, 0.25) is 0 Å². The SMILES string of the molecule is COc1cnccc1-c1cc(C(O)OC(C)(C)C)ccn1. The molecule has 0 fully saturated rings. The number of aliphatic hydroxyl groups excluding tert-OH is 1. The first-order valence-corrected chi connectivity index (χ1v) is 6.71. The van der Waals surface area contributed by atoms with Gasteiger partial charge in [0.25, 0.3) is 0 Å². The number of nitrogens with zero attached hydrogens (tertiary/aromatic N) is 2. The fourth-order valence-electron chi connectivity index (χ4n) is 1.90. The third-order valence-corrected chi connectivity index (χ3v) is 2.81. The number of pyridine rings is 2. The highest BCUT2D eigenvalue weighted by Crippen LogP contribution is 2.29. The lowest BCUT2D eigenvalue weighted by Gasteiger charge is -2.24. The van der Waals surface area contributed by atoms with Crippen LogP contribution >= 0.6 is 0 Å². The Balaban J connectivity index is 2.33. The Morgan fingerprint density at radius 2 is 1.95 bits per heavy atom. The molecule has 5 heteroatoms. The molecule has 21 heavy (non-hydrogen) atoms. The zero-order valence-corrected chi connectivity index (χ0v) is 12.7. The molecule has 2 heterocycles. The quantitative estimate of drug-likeness (QED) is 0.876. The van der Waals surface area contributed by atoms with E-state index in [1.807, 2.05) is 26.8 Å². The summed E-state index contributed by atoms with van der Waals surface area (Å²) >= 11 is 0. The lowest BCUT2D eigenvalue weighted by atomic mass is 10.1. The van der Waals surface area contributed by atoms with Crippen molar-refractivity contribution >= 4 is 0 Å². The average molecular weight is 288 g/mol. The molecule has 2 rings (SSSR count). The maximum absolute atomic E-state index is 10.2. The van der Waals surface area contributed by atoms with Crippen LogP contribution in [0.4, 0.5) is 0 Å². The van der Waals surface area contributed by atoms with E-state index in [-0.39, 0.29) is 0 Å². The minimum atomic E-state index is -1.00. The number of hydrogen-bond donors (Lipinski definition) is 1. The van der Waals surface area contributed by atoms with Gasteiger partial charge in [-0.3, -0.25) is 9.97 Å². The lowest BCUT2D eigenvalue weighted by Crippen LogP contribution is -2.22. The molecule has 0 saturated carbocycles. The van der Waals surface area contributed by atoms with Crippen molar-refractivity contribution in [2.45, 2.75) is 32.7 Å². The number of ether oxygens (including phenoxy) is 2. The summed E-state index contributed by atoms with van der Waals surface area (Å²) in [5.74, 6) is 0.633. The van der Waals surface area contributed by atoms with Crippen molar-refractivity contribution in [1.29, 1.82) is 0 Å². The van der Waals surface area contributed by atoms with Gasteiger partial charge in [-0.15, -0.1) is 0 Å². The molecular formula is C16H20N2O3. The summed E-state index contributed by atoms with van der Waals surface area (Å²) in [6.07, 6.45) is 3.94. The number of aliphatic hydroxyl groups is 1. The maximum Gasteiger partial charge on any atom is 0.181 e. The standard InChI is InChI=1S/C16H20N2O3/c1-16(2,3)21-15(19)11-5-8-18-13(9-11)12-6-7-17-10-14(12)20-4/h5-10,15,19H,1-4H3. The fraction of sp³-hybridized carbons (Fsp3) is 0.375. The van der Waals surface area contributed by atoms with Gasteiger partial charge in [-0.25, -0.2) is 0 Å². The molecule has 0 aromatic carbocycles. The van der Waals surface area contributed by atoms with Crippen LogP contribution in [0.25, 0.3) is 11.3 Å². The van der Waals surface area contributed by atoms with E-state index < -0.39 is 11.9 Å². The van der Waals surface area contributed by atoms with Gasteiger partial charge in [0.15, 0.2) is 6.29 Å². The Bertz CT molecular complexity index is 608. The minimum Gasteiger partial charge on any atom is -0.494 e. The summed E-state index contributed by atoms with van der Waals surface area (Å²) in [6, 6.07) is 5.34. The summed E-state index contributed by atoms with van der Waals surface area (Å²) < 4.78 is 10.8. The highest BCUT2D eigenvalue weighted by Gasteiger charge is 2.19. The smallest absolute Gasteiger partial charge is 0.181 e. The van der Waals surface area contributed by atoms with Crippen LogP contribution in [0.3, 0.4) is 0 Å². The molecule has 0 aliphatic carbocycles. The van der Waals surface area contributed by atoms with Crippen LogP contribution < -0.4 is 4.74 Å². The average Bonchev–Trinajstić information content (AvgIpc) is 2.45. The summed E-state index contributed by atoms with van der Waals surface area (Å²) in [5.41, 5.74) is 1.73. The molecule has 1 unspecified atom stereocenters. The second-order valence-corrected chi connectivity index (χ2v) is 5.63. The van der Waals surface area contributed by atoms with Crippen LogP contribution in [-0.2, 0) is 4.74 Å². The van der Waals surface area contributed by atoms with Crippen LogP contribution in [0.1, 0.15) is 32.6 Å². The summed E-state index contributed by atoms with van der Waals surface area (Å²) in [6.45, 7) is 5.68. The second-order valence-electron chi connectivity index (χ2n) is 5.63. The molecule has 112 valence electrons. The second kappa shape index (κ2) is 6.20. The Hall–Kier alpha value is -1.98. The predicted octanol–water partition coefficient (Wildman–Crippen LogP) is 2.96. The van der Waals surface area contributed by atoms with Gasteiger partial charge in [0.05, 0.1) is 24.6 Å². The van der Waals surface area contributed by atoms with E-state index in [0.29, 0.717) is 17.0 Å². The first-order valence-electron chi connectivity index (χ1n) is 6.71. The predicted molar refractivity (Wildman–Crippen MR) is 79.8 cm³/mol. The Kier molecular flexibility index (Phi) is 4.55. The number of methoxy groups -OCH3 is 1. The van der Waals surface area contributed by atoms with Crippen LogP contribution in [0.15, 0.2) is 36.8 Å². The van der Waals surface area contributed by atoms with Crippen LogP contribution in [0.2, 0.25) is 0 Å². The Morgan fingerprint density at radius 3 is 2.62 bits per heavy atom. The van der Waals surface area contributed by atoms with Gasteiger partial charge in [-0.1, -0.05) is 0 Å². The van der Waals surface area contributed by atoms with E-state index in [9.17, 15) is 5.11 Å². The molecule has 1 atom stereocenters. The van der Waals surface area contributed by atoms with Crippen LogP contribution in [-0.4, -0.2) is 27.8 Å². The third kappa shape index (κ3) is 4.00. The van der Waals surface area contributed by atoms with Crippen molar-refractivity contribution in [1.82, 2.24) is 9.97 Å². The summed E-state index contributed by atoms with van der Waals surface area (Å²) in [5, 5.41) is 10.2. The first-order chi connectivity index (χ1) is 9.90. The molecule has 0 spiro atoms. The lowest BCUT2D eigenvalue weighted by molar-refractivity contribution is -0.169. The van der Waals surface area contributed by atoms with Crippen molar-refractivity contribution in [2.75, 3.05) is 7.11 Å². The molecule has 5 nitrogen and oxygen atoms in total. The minimum absolute atomic E-state index is 0.433. The summed E-state index contributed by atoms with van der Waals surface area (Å²) in [7, 11) is 1.59. The fourth-order valence-corrected chi connectivity index (χ4v) is 1.90. The monoisotopic (exact) mass is 288 g/mol. The normalized spacial score (nSPS) is 13.0. The van der Waals surface area contributed by atoms with Gasteiger partial charge in [0.1, 0.15) is 5.75 Å². The van der Waals surface area contributed by atoms with E-state index in [0.717, 1.165) is 5.56 Å².